The van der Waals surface area contributed by atoms with E-state index >= 15 is 0 Å². The molecular weight excluding hydrogens is 342 g/mol. The highest BCUT2D eigenvalue weighted by Crippen LogP contribution is 2.22. The van der Waals surface area contributed by atoms with Crippen molar-refractivity contribution in [2.45, 2.75) is 4.34 Å². The maximum atomic E-state index is 11.8. The maximum absolute atomic E-state index is 11.8. The number of aromatic nitrogens is 2. The number of hydrogen-bond acceptors (Lipinski definition) is 7. The molecule has 22 heavy (non-hydrogen) atoms. The summed E-state index contributed by atoms with van der Waals surface area (Å²) in [5.41, 5.74) is 1.13. The number of carbonyl (C=O) groups excluding carboxylic acids is 2. The second kappa shape index (κ2) is 7.52. The van der Waals surface area contributed by atoms with Gasteiger partial charge >= 0.3 is 5.97 Å². The van der Waals surface area contributed by atoms with Crippen LogP contribution < -0.4 is 5.32 Å². The van der Waals surface area contributed by atoms with Crippen molar-refractivity contribution in [1.82, 2.24) is 15.1 Å². The Morgan fingerprint density at radius 3 is 2.64 bits per heavy atom. The predicted molar refractivity (Wildman–Crippen MR) is 88.4 cm³/mol. The first kappa shape index (κ1) is 16.7. The number of benzene rings is 1. The van der Waals surface area contributed by atoms with Gasteiger partial charge in [0.05, 0.1) is 11.3 Å². The van der Waals surface area contributed by atoms with E-state index in [0.29, 0.717) is 9.52 Å². The molecule has 1 amide bonds. The van der Waals surface area contributed by atoms with Gasteiger partial charge in [-0.05, 0) is 42.7 Å². The van der Waals surface area contributed by atoms with Gasteiger partial charge < -0.3 is 10.1 Å². The Kier molecular flexibility index (Phi) is 5.69. The van der Waals surface area contributed by atoms with E-state index in [1.807, 2.05) is 6.26 Å². The summed E-state index contributed by atoms with van der Waals surface area (Å²) < 4.78 is 8.03. The fourth-order valence-corrected chi connectivity index (χ4v) is 3.31. The number of hydrogen-bond donors (Lipinski definition) is 1. The number of amides is 1. The molecule has 0 saturated heterocycles. The van der Waals surface area contributed by atoms with Gasteiger partial charge in [0.25, 0.3) is 5.91 Å². The zero-order valence-corrected chi connectivity index (χ0v) is 14.3. The lowest BCUT2D eigenvalue weighted by Gasteiger charge is -2.05. The van der Waals surface area contributed by atoms with Crippen LogP contribution in [0, 0.1) is 3.95 Å². The Balaban J connectivity index is 2.13. The summed E-state index contributed by atoms with van der Waals surface area (Å²) in [6, 6.07) is 6.69. The van der Waals surface area contributed by atoms with Crippen molar-refractivity contribution in [3.8, 4) is 5.69 Å². The molecule has 0 aliphatic heterocycles. The average Bonchev–Trinajstić information content (AvgIpc) is 2.93. The molecule has 9 heteroatoms. The van der Waals surface area contributed by atoms with Crippen LogP contribution in [0.25, 0.3) is 5.69 Å². The van der Waals surface area contributed by atoms with Gasteiger partial charge in [0, 0.05) is 7.05 Å². The number of rotatable bonds is 5. The lowest BCUT2D eigenvalue weighted by Crippen LogP contribution is -2.25. The zero-order chi connectivity index (χ0) is 16.1. The SMILES string of the molecule is CNC(=O)COC(=O)c1ccc(-n2nc(SC)sc2=S)cc1. The van der Waals surface area contributed by atoms with Crippen LogP contribution in [0.5, 0.6) is 0 Å². The van der Waals surface area contributed by atoms with E-state index in [0.717, 1.165) is 10.0 Å². The second-order valence-corrected chi connectivity index (χ2v) is 6.72. The fourth-order valence-electron chi connectivity index (χ4n) is 1.53. The van der Waals surface area contributed by atoms with Crippen LogP contribution in [0.1, 0.15) is 10.4 Å². The number of thioether (sulfide) groups is 1. The summed E-state index contributed by atoms with van der Waals surface area (Å²) in [5.74, 6) is -0.912. The Bertz CT molecular complexity index is 737. The molecular formula is C13H13N3O3S3. The van der Waals surface area contributed by atoms with E-state index in [1.165, 1.54) is 30.1 Å². The number of ether oxygens (including phenoxy) is 1. The molecule has 2 aromatic rings. The van der Waals surface area contributed by atoms with Crippen LogP contribution in [-0.2, 0) is 9.53 Å². The number of esters is 1. The molecule has 0 saturated carbocycles. The molecule has 0 aliphatic rings. The van der Waals surface area contributed by atoms with Crippen LogP contribution in [-0.4, -0.2) is 41.6 Å². The van der Waals surface area contributed by atoms with Crippen LogP contribution in [0.2, 0.25) is 0 Å². The van der Waals surface area contributed by atoms with Crippen molar-refractivity contribution in [3.63, 3.8) is 0 Å². The highest BCUT2D eigenvalue weighted by molar-refractivity contribution is 8.00. The van der Waals surface area contributed by atoms with Gasteiger partial charge in [-0.1, -0.05) is 23.1 Å². The first-order chi connectivity index (χ1) is 10.5. The number of likely N-dealkylation sites (N-methyl/N-ethyl adjacent to an activating group) is 1. The van der Waals surface area contributed by atoms with Crippen molar-refractivity contribution >= 4 is 47.2 Å². The quantitative estimate of drug-likeness (QED) is 0.504. The minimum atomic E-state index is -0.554. The molecule has 0 aliphatic carbocycles. The standard InChI is InChI=1S/C13H13N3O3S3/c1-14-10(17)7-19-11(18)8-3-5-9(6-4-8)16-13(20)22-12(15-16)21-2/h3-6H,7H2,1-2H3,(H,14,17). The fraction of sp³-hybridized carbons (Fsp3) is 0.231. The Hall–Kier alpha value is -1.71. The van der Waals surface area contributed by atoms with E-state index in [2.05, 4.69) is 10.4 Å². The molecule has 6 nitrogen and oxygen atoms in total. The average molecular weight is 355 g/mol. The molecule has 0 fully saturated rings. The van der Waals surface area contributed by atoms with Crippen LogP contribution in [0.3, 0.4) is 0 Å². The molecule has 2 rings (SSSR count). The van der Waals surface area contributed by atoms with Crippen molar-refractivity contribution < 1.29 is 14.3 Å². The second-order valence-electron chi connectivity index (χ2n) is 4.05. The summed E-state index contributed by atoms with van der Waals surface area (Å²) in [6.45, 7) is -0.300. The number of nitrogens with one attached hydrogen (secondary N) is 1. The molecule has 1 aromatic carbocycles. The molecule has 0 radical (unpaired) electrons. The largest absolute Gasteiger partial charge is 0.452 e. The van der Waals surface area contributed by atoms with Gasteiger partial charge in [-0.2, -0.15) is 0 Å². The van der Waals surface area contributed by atoms with E-state index in [4.69, 9.17) is 17.0 Å². The van der Waals surface area contributed by atoms with Gasteiger partial charge in [-0.25, -0.2) is 9.48 Å². The number of carbonyl (C=O) groups is 2. The summed E-state index contributed by atoms with van der Waals surface area (Å²) in [7, 11) is 1.48. The van der Waals surface area contributed by atoms with Gasteiger partial charge in [-0.3, -0.25) is 4.79 Å². The molecule has 1 aromatic heterocycles. The summed E-state index contributed by atoms with van der Waals surface area (Å²) >= 11 is 8.21. The van der Waals surface area contributed by atoms with Crippen molar-refractivity contribution in [3.05, 3.63) is 33.8 Å². The minimum Gasteiger partial charge on any atom is -0.452 e. The minimum absolute atomic E-state index is 0.300. The first-order valence-electron chi connectivity index (χ1n) is 6.17. The normalized spacial score (nSPS) is 10.3. The van der Waals surface area contributed by atoms with Crippen molar-refractivity contribution in [2.75, 3.05) is 19.9 Å². The molecule has 116 valence electrons. The van der Waals surface area contributed by atoms with Gasteiger partial charge in [-0.15, -0.1) is 5.10 Å². The summed E-state index contributed by atoms with van der Waals surface area (Å²) in [5, 5.41) is 6.74. The predicted octanol–water partition coefficient (Wildman–Crippen LogP) is 2.29. The van der Waals surface area contributed by atoms with Crippen LogP contribution in [0.15, 0.2) is 28.6 Å². The number of nitrogens with zero attached hydrogens (tertiary/aromatic N) is 2. The topological polar surface area (TPSA) is 73.2 Å². The third-order valence-corrected chi connectivity index (χ3v) is 4.87. The Morgan fingerprint density at radius 1 is 1.41 bits per heavy atom. The lowest BCUT2D eigenvalue weighted by molar-refractivity contribution is -0.123. The molecule has 1 heterocycles. The zero-order valence-electron chi connectivity index (χ0n) is 11.9. The van der Waals surface area contributed by atoms with Crippen molar-refractivity contribution in [2.24, 2.45) is 0 Å². The molecule has 0 bridgehead atoms. The smallest absolute Gasteiger partial charge is 0.338 e. The van der Waals surface area contributed by atoms with Gasteiger partial charge in [0.2, 0.25) is 0 Å². The van der Waals surface area contributed by atoms with E-state index in [1.54, 1.807) is 28.9 Å². The Morgan fingerprint density at radius 2 is 2.09 bits per heavy atom. The molecule has 0 spiro atoms. The van der Waals surface area contributed by atoms with E-state index < -0.39 is 5.97 Å². The third kappa shape index (κ3) is 3.93. The van der Waals surface area contributed by atoms with E-state index in [-0.39, 0.29) is 12.5 Å². The van der Waals surface area contributed by atoms with Gasteiger partial charge in [0.15, 0.2) is 14.9 Å². The molecule has 0 unspecified atom stereocenters. The molecule has 0 atom stereocenters. The molecule has 1 N–H and O–H groups in total. The van der Waals surface area contributed by atoms with E-state index in [9.17, 15) is 9.59 Å². The monoisotopic (exact) mass is 355 g/mol. The van der Waals surface area contributed by atoms with Gasteiger partial charge in [0.1, 0.15) is 0 Å². The van der Waals surface area contributed by atoms with Crippen molar-refractivity contribution in [1.29, 1.82) is 0 Å². The Labute approximate surface area is 140 Å². The van der Waals surface area contributed by atoms with Crippen LogP contribution in [0.4, 0.5) is 0 Å². The summed E-state index contributed by atoms with van der Waals surface area (Å²) in [6.07, 6.45) is 1.93. The maximum Gasteiger partial charge on any atom is 0.338 e. The third-order valence-electron chi connectivity index (χ3n) is 2.66. The highest BCUT2D eigenvalue weighted by Gasteiger charge is 2.10. The highest BCUT2D eigenvalue weighted by atomic mass is 32.2. The van der Waals surface area contributed by atoms with Crippen LogP contribution >= 0.6 is 35.3 Å². The summed E-state index contributed by atoms with van der Waals surface area (Å²) in [4.78, 5) is 22.8. The first-order valence-corrected chi connectivity index (χ1v) is 8.62. The lowest BCUT2D eigenvalue weighted by atomic mass is 10.2.